The van der Waals surface area contributed by atoms with Crippen LogP contribution in [0.5, 0.6) is 0 Å². The Morgan fingerprint density at radius 2 is 1.96 bits per heavy atom. The highest BCUT2D eigenvalue weighted by Crippen LogP contribution is 2.17. The fourth-order valence-electron chi connectivity index (χ4n) is 1.80. The van der Waals surface area contributed by atoms with Crippen LogP contribution in [0.2, 0.25) is 0 Å². The highest BCUT2D eigenvalue weighted by atomic mass is 127. The third-order valence-electron chi connectivity index (χ3n) is 3.15. The lowest BCUT2D eigenvalue weighted by atomic mass is 10.2. The number of guanidine groups is 1. The Balaban J connectivity index is 0.00000264. The molecule has 0 aliphatic rings. The van der Waals surface area contributed by atoms with Crippen molar-refractivity contribution in [2.45, 2.75) is 46.2 Å². The van der Waals surface area contributed by atoms with E-state index in [-0.39, 0.29) is 24.0 Å². The molecule has 8 heteroatoms. The summed E-state index contributed by atoms with van der Waals surface area (Å²) in [5, 5.41) is 10.9. The number of nitrogens with zero attached hydrogens (tertiary/aromatic N) is 3. The van der Waals surface area contributed by atoms with Crippen LogP contribution in [0.1, 0.15) is 47.3 Å². The Labute approximate surface area is 163 Å². The average Bonchev–Trinajstić information content (AvgIpc) is 3.16. The zero-order valence-corrected chi connectivity index (χ0v) is 17.9. The lowest BCUT2D eigenvalue weighted by Crippen LogP contribution is -2.36. The van der Waals surface area contributed by atoms with Gasteiger partial charge in [0, 0.05) is 23.5 Å². The molecule has 2 aromatic rings. The number of hydrogen-bond acceptors (Lipinski definition) is 5. The van der Waals surface area contributed by atoms with Crippen LogP contribution < -0.4 is 10.6 Å². The molecule has 0 amide bonds. The van der Waals surface area contributed by atoms with Crippen LogP contribution in [0.3, 0.4) is 0 Å². The monoisotopic (exact) mass is 465 g/mol. The van der Waals surface area contributed by atoms with Crippen LogP contribution in [-0.4, -0.2) is 23.0 Å². The third kappa shape index (κ3) is 6.34. The van der Waals surface area contributed by atoms with Gasteiger partial charge in [-0.15, -0.1) is 46.7 Å². The zero-order chi connectivity index (χ0) is 15.9. The normalized spacial score (nSPS) is 11.4. The van der Waals surface area contributed by atoms with E-state index < -0.39 is 0 Å². The van der Waals surface area contributed by atoms with E-state index in [1.165, 1.54) is 4.88 Å². The first kappa shape index (κ1) is 20.3. The number of aliphatic imine (C=N–C) groups is 1. The molecule has 128 valence electrons. The topological polar surface area (TPSA) is 62.2 Å². The van der Waals surface area contributed by atoms with Gasteiger partial charge in [-0.2, -0.15) is 0 Å². The molecular weight excluding hydrogens is 441 g/mol. The van der Waals surface area contributed by atoms with Crippen molar-refractivity contribution in [1.82, 2.24) is 20.6 Å². The van der Waals surface area contributed by atoms with Gasteiger partial charge in [-0.05, 0) is 12.3 Å². The maximum atomic E-state index is 4.61. The molecule has 0 fully saturated rings. The van der Waals surface area contributed by atoms with Gasteiger partial charge in [0.15, 0.2) is 5.96 Å². The van der Waals surface area contributed by atoms with Crippen molar-refractivity contribution in [3.05, 3.63) is 32.2 Å². The van der Waals surface area contributed by atoms with Gasteiger partial charge < -0.3 is 10.6 Å². The summed E-state index contributed by atoms with van der Waals surface area (Å²) < 4.78 is 0. The molecule has 2 aromatic heterocycles. The van der Waals surface area contributed by atoms with Crippen molar-refractivity contribution < 1.29 is 0 Å². The van der Waals surface area contributed by atoms with E-state index in [4.69, 9.17) is 0 Å². The second-order valence-electron chi connectivity index (χ2n) is 5.17. The van der Waals surface area contributed by atoms with Crippen LogP contribution in [0, 0.1) is 0 Å². The summed E-state index contributed by atoms with van der Waals surface area (Å²) in [5.41, 5.74) is 1.15. The summed E-state index contributed by atoms with van der Waals surface area (Å²) in [6.45, 7) is 7.84. The van der Waals surface area contributed by atoms with Gasteiger partial charge in [0.05, 0.1) is 18.8 Å². The van der Waals surface area contributed by atoms with Gasteiger partial charge in [0.25, 0.3) is 0 Å². The van der Waals surface area contributed by atoms with Gasteiger partial charge in [0.1, 0.15) is 10.0 Å². The molecule has 0 spiro atoms. The number of aryl methyl sites for hydroxylation is 1. The predicted molar refractivity (Wildman–Crippen MR) is 110 cm³/mol. The SMILES string of the molecule is CCc1cnc(CNC(=NC)NCc2nc(C(C)C)cs2)s1.I. The summed E-state index contributed by atoms with van der Waals surface area (Å²) in [5.74, 6) is 1.25. The van der Waals surface area contributed by atoms with Crippen LogP contribution in [0.25, 0.3) is 0 Å². The van der Waals surface area contributed by atoms with Crippen molar-refractivity contribution in [3.63, 3.8) is 0 Å². The molecule has 5 nitrogen and oxygen atoms in total. The summed E-state index contributed by atoms with van der Waals surface area (Å²) in [6, 6.07) is 0. The van der Waals surface area contributed by atoms with Crippen LogP contribution in [-0.2, 0) is 19.5 Å². The van der Waals surface area contributed by atoms with E-state index in [2.05, 4.69) is 51.7 Å². The highest BCUT2D eigenvalue weighted by molar-refractivity contribution is 14.0. The number of halogens is 1. The molecule has 2 N–H and O–H groups in total. The molecule has 0 saturated heterocycles. The molecular formula is C15H24IN5S2. The maximum Gasteiger partial charge on any atom is 0.191 e. The van der Waals surface area contributed by atoms with E-state index in [1.54, 1.807) is 29.7 Å². The molecule has 0 bridgehead atoms. The molecule has 23 heavy (non-hydrogen) atoms. The first-order valence-corrected chi connectivity index (χ1v) is 9.14. The van der Waals surface area contributed by atoms with Crippen LogP contribution >= 0.6 is 46.7 Å². The van der Waals surface area contributed by atoms with Crippen LogP contribution in [0.4, 0.5) is 0 Å². The number of aromatic nitrogens is 2. The largest absolute Gasteiger partial charge is 0.350 e. The Morgan fingerprint density at radius 3 is 2.48 bits per heavy atom. The van der Waals surface area contributed by atoms with Gasteiger partial charge >= 0.3 is 0 Å². The predicted octanol–water partition coefficient (Wildman–Crippen LogP) is 3.77. The molecule has 0 aliphatic heterocycles. The summed E-state index contributed by atoms with van der Waals surface area (Å²) >= 11 is 3.42. The maximum absolute atomic E-state index is 4.61. The number of rotatable bonds is 6. The second-order valence-corrected chi connectivity index (χ2v) is 7.32. The zero-order valence-electron chi connectivity index (χ0n) is 13.9. The molecule has 0 saturated carbocycles. The average molecular weight is 465 g/mol. The minimum Gasteiger partial charge on any atom is -0.350 e. The van der Waals surface area contributed by atoms with Crippen molar-refractivity contribution in [2.24, 2.45) is 4.99 Å². The smallest absolute Gasteiger partial charge is 0.191 e. The number of thiazole rings is 2. The summed E-state index contributed by atoms with van der Waals surface area (Å²) in [7, 11) is 1.77. The molecule has 0 unspecified atom stereocenters. The third-order valence-corrected chi connectivity index (χ3v) is 5.16. The minimum absolute atomic E-state index is 0. The molecule has 2 heterocycles. The van der Waals surface area contributed by atoms with E-state index in [9.17, 15) is 0 Å². The van der Waals surface area contributed by atoms with E-state index in [0.29, 0.717) is 19.0 Å². The fraction of sp³-hybridized carbons (Fsp3) is 0.533. The first-order chi connectivity index (χ1) is 10.6. The Kier molecular flexibility index (Phi) is 9.00. The number of nitrogens with one attached hydrogen (secondary N) is 2. The second kappa shape index (κ2) is 10.2. The van der Waals surface area contributed by atoms with E-state index >= 15 is 0 Å². The van der Waals surface area contributed by atoms with E-state index in [1.807, 2.05) is 6.20 Å². The van der Waals surface area contributed by atoms with E-state index in [0.717, 1.165) is 28.1 Å². The van der Waals surface area contributed by atoms with Gasteiger partial charge in [0.2, 0.25) is 0 Å². The van der Waals surface area contributed by atoms with Crippen molar-refractivity contribution >= 4 is 52.6 Å². The van der Waals surface area contributed by atoms with Crippen molar-refractivity contribution in [2.75, 3.05) is 7.05 Å². The first-order valence-electron chi connectivity index (χ1n) is 7.44. The fourth-order valence-corrected chi connectivity index (χ4v) is 3.50. The summed E-state index contributed by atoms with van der Waals surface area (Å²) in [6.07, 6.45) is 2.98. The van der Waals surface area contributed by atoms with Gasteiger partial charge in [-0.1, -0.05) is 20.8 Å². The lowest BCUT2D eigenvalue weighted by Gasteiger charge is -2.09. The standard InChI is InChI=1S/C15H23N5S2.HI/c1-5-11-6-17-13(22-11)7-18-15(16-4)19-8-14-20-12(9-21-14)10(2)3;/h6,9-10H,5,7-8H2,1-4H3,(H2,16,18,19);1H. The number of hydrogen-bond donors (Lipinski definition) is 2. The Morgan fingerprint density at radius 1 is 1.26 bits per heavy atom. The van der Waals surface area contributed by atoms with Crippen molar-refractivity contribution in [3.8, 4) is 0 Å². The van der Waals surface area contributed by atoms with Gasteiger partial charge in [-0.25, -0.2) is 9.97 Å². The quantitative estimate of drug-likeness (QED) is 0.388. The molecule has 0 radical (unpaired) electrons. The molecule has 0 aliphatic carbocycles. The summed E-state index contributed by atoms with van der Waals surface area (Å²) in [4.78, 5) is 14.6. The van der Waals surface area contributed by atoms with Crippen molar-refractivity contribution in [1.29, 1.82) is 0 Å². The molecule has 0 aromatic carbocycles. The van der Waals surface area contributed by atoms with Crippen LogP contribution in [0.15, 0.2) is 16.6 Å². The highest BCUT2D eigenvalue weighted by Gasteiger charge is 2.07. The minimum atomic E-state index is 0. The lowest BCUT2D eigenvalue weighted by molar-refractivity contribution is 0.783. The Hall–Kier alpha value is -0.740. The van der Waals surface area contributed by atoms with Gasteiger partial charge in [-0.3, -0.25) is 4.99 Å². The Bertz CT molecular complexity index is 621. The molecule has 0 atom stereocenters. The molecule has 2 rings (SSSR count).